The van der Waals surface area contributed by atoms with Gasteiger partial charge in [0.2, 0.25) is 5.88 Å². The van der Waals surface area contributed by atoms with Crippen LogP contribution >= 0.6 is 15.9 Å². The van der Waals surface area contributed by atoms with Gasteiger partial charge in [0.1, 0.15) is 0 Å². The first kappa shape index (κ1) is 8.53. The van der Waals surface area contributed by atoms with E-state index in [-0.39, 0.29) is 0 Å². The van der Waals surface area contributed by atoms with Crippen molar-refractivity contribution in [2.75, 3.05) is 6.61 Å². The molecular weight excluding hydrogens is 206 g/mol. The van der Waals surface area contributed by atoms with Gasteiger partial charge in [-0.25, -0.2) is 4.98 Å². The van der Waals surface area contributed by atoms with Gasteiger partial charge in [0.15, 0.2) is 0 Å². The Bertz CT molecular complexity index is 210. The Labute approximate surface area is 74.7 Å². The number of ether oxygens (including phenoxy) is 1. The molecule has 0 aliphatic rings. The van der Waals surface area contributed by atoms with E-state index in [1.807, 2.05) is 12.1 Å². The molecule has 0 N–H and O–H groups in total. The summed E-state index contributed by atoms with van der Waals surface area (Å²) in [4.78, 5) is 4.05. The highest BCUT2D eigenvalue weighted by Gasteiger charge is 1.92. The van der Waals surface area contributed by atoms with Crippen LogP contribution in [0.3, 0.4) is 0 Å². The first-order chi connectivity index (χ1) is 5.33. The van der Waals surface area contributed by atoms with Crippen LogP contribution in [0.15, 0.2) is 22.8 Å². The third-order valence-corrected chi connectivity index (χ3v) is 1.62. The maximum atomic E-state index is 5.28. The Kier molecular flexibility index (Phi) is 3.36. The minimum atomic E-state index is 0.690. The molecule has 1 aromatic heterocycles. The van der Waals surface area contributed by atoms with E-state index in [4.69, 9.17) is 4.74 Å². The van der Waals surface area contributed by atoms with Crippen LogP contribution in [0.25, 0.3) is 0 Å². The second-order valence-electron chi connectivity index (χ2n) is 2.16. The van der Waals surface area contributed by atoms with Gasteiger partial charge in [0, 0.05) is 16.7 Å². The van der Waals surface area contributed by atoms with E-state index in [2.05, 4.69) is 27.8 Å². The highest BCUT2D eigenvalue weighted by atomic mass is 79.9. The highest BCUT2D eigenvalue weighted by molar-refractivity contribution is 9.10. The lowest BCUT2D eigenvalue weighted by Crippen LogP contribution is -1.96. The summed E-state index contributed by atoms with van der Waals surface area (Å²) in [5.74, 6) is 0.690. The van der Waals surface area contributed by atoms with Crippen LogP contribution in [-0.4, -0.2) is 11.6 Å². The predicted molar refractivity (Wildman–Crippen MR) is 47.7 cm³/mol. The largest absolute Gasteiger partial charge is 0.478 e. The minimum Gasteiger partial charge on any atom is -0.478 e. The molecule has 0 amide bonds. The van der Waals surface area contributed by atoms with E-state index < -0.39 is 0 Å². The maximum absolute atomic E-state index is 5.28. The second-order valence-corrected chi connectivity index (χ2v) is 3.08. The lowest BCUT2D eigenvalue weighted by Gasteiger charge is -2.01. The molecule has 2 nitrogen and oxygen atoms in total. The van der Waals surface area contributed by atoms with Crippen LogP contribution in [0, 0.1) is 0 Å². The standard InChI is InChI=1S/C8H10BrNO/c1-2-5-11-8-4-3-7(9)6-10-8/h3-4,6H,2,5H2,1H3. The number of hydrogen-bond donors (Lipinski definition) is 0. The third kappa shape index (κ3) is 2.89. The fourth-order valence-electron chi connectivity index (χ4n) is 0.654. The molecule has 1 heterocycles. The summed E-state index contributed by atoms with van der Waals surface area (Å²) >= 11 is 3.30. The van der Waals surface area contributed by atoms with E-state index in [1.165, 1.54) is 0 Å². The number of halogens is 1. The van der Waals surface area contributed by atoms with Gasteiger partial charge in [-0.2, -0.15) is 0 Å². The molecule has 0 atom stereocenters. The molecule has 0 bridgehead atoms. The van der Waals surface area contributed by atoms with Crippen molar-refractivity contribution in [1.29, 1.82) is 0 Å². The van der Waals surface area contributed by atoms with Gasteiger partial charge in [-0.3, -0.25) is 0 Å². The topological polar surface area (TPSA) is 22.1 Å². The molecule has 1 rings (SSSR count). The van der Waals surface area contributed by atoms with Gasteiger partial charge < -0.3 is 4.74 Å². The van der Waals surface area contributed by atoms with Crippen molar-refractivity contribution in [3.8, 4) is 5.88 Å². The summed E-state index contributed by atoms with van der Waals surface area (Å²) in [6.45, 7) is 2.80. The molecule has 0 aromatic carbocycles. The van der Waals surface area contributed by atoms with Crippen LogP contribution in [0.4, 0.5) is 0 Å². The van der Waals surface area contributed by atoms with Gasteiger partial charge in [-0.15, -0.1) is 0 Å². The molecule has 1 aromatic rings. The van der Waals surface area contributed by atoms with Gasteiger partial charge in [-0.1, -0.05) is 6.92 Å². The van der Waals surface area contributed by atoms with E-state index in [9.17, 15) is 0 Å². The zero-order valence-corrected chi connectivity index (χ0v) is 7.97. The molecule has 0 aliphatic carbocycles. The lowest BCUT2D eigenvalue weighted by molar-refractivity contribution is 0.305. The molecule has 0 fully saturated rings. The molecule has 3 heteroatoms. The highest BCUT2D eigenvalue weighted by Crippen LogP contribution is 2.11. The van der Waals surface area contributed by atoms with Gasteiger partial charge in [0.05, 0.1) is 6.61 Å². The van der Waals surface area contributed by atoms with E-state index in [1.54, 1.807) is 6.20 Å². The van der Waals surface area contributed by atoms with Crippen LogP contribution in [-0.2, 0) is 0 Å². The molecule has 0 spiro atoms. The van der Waals surface area contributed by atoms with E-state index in [0.717, 1.165) is 17.5 Å². The average molecular weight is 216 g/mol. The smallest absolute Gasteiger partial charge is 0.213 e. The van der Waals surface area contributed by atoms with Crippen LogP contribution in [0.5, 0.6) is 5.88 Å². The predicted octanol–water partition coefficient (Wildman–Crippen LogP) is 2.63. The van der Waals surface area contributed by atoms with Crippen molar-refractivity contribution < 1.29 is 4.74 Å². The van der Waals surface area contributed by atoms with E-state index in [0.29, 0.717) is 5.88 Å². The van der Waals surface area contributed by atoms with Crippen molar-refractivity contribution in [3.05, 3.63) is 22.8 Å². The Morgan fingerprint density at radius 2 is 2.36 bits per heavy atom. The SMILES string of the molecule is CCCOc1ccc(Br)cn1. The lowest BCUT2D eigenvalue weighted by atomic mass is 10.5. The Hall–Kier alpha value is -0.570. The molecule has 0 unspecified atom stereocenters. The quantitative estimate of drug-likeness (QED) is 0.774. The summed E-state index contributed by atoms with van der Waals surface area (Å²) in [6, 6.07) is 3.76. The Balaban J connectivity index is 2.52. The molecule has 60 valence electrons. The summed E-state index contributed by atoms with van der Waals surface area (Å²) < 4.78 is 6.25. The van der Waals surface area contributed by atoms with Crippen LogP contribution in [0.2, 0.25) is 0 Å². The van der Waals surface area contributed by atoms with Crippen molar-refractivity contribution in [2.45, 2.75) is 13.3 Å². The van der Waals surface area contributed by atoms with Crippen LogP contribution in [0.1, 0.15) is 13.3 Å². The van der Waals surface area contributed by atoms with Gasteiger partial charge in [-0.05, 0) is 28.4 Å². The first-order valence-corrected chi connectivity index (χ1v) is 4.36. The summed E-state index contributed by atoms with van der Waals surface area (Å²) in [7, 11) is 0. The van der Waals surface area contributed by atoms with E-state index >= 15 is 0 Å². The number of aromatic nitrogens is 1. The van der Waals surface area contributed by atoms with Crippen molar-refractivity contribution in [3.63, 3.8) is 0 Å². The van der Waals surface area contributed by atoms with Crippen LogP contribution < -0.4 is 4.74 Å². The molecule has 0 saturated carbocycles. The zero-order chi connectivity index (χ0) is 8.10. The fraction of sp³-hybridized carbons (Fsp3) is 0.375. The average Bonchev–Trinajstić information content (AvgIpc) is 2.04. The zero-order valence-electron chi connectivity index (χ0n) is 6.38. The third-order valence-electron chi connectivity index (χ3n) is 1.15. The van der Waals surface area contributed by atoms with Gasteiger partial charge in [0.25, 0.3) is 0 Å². The summed E-state index contributed by atoms with van der Waals surface area (Å²) in [5.41, 5.74) is 0. The minimum absolute atomic E-state index is 0.690. The summed E-state index contributed by atoms with van der Waals surface area (Å²) in [6.07, 6.45) is 2.74. The van der Waals surface area contributed by atoms with Gasteiger partial charge >= 0.3 is 0 Å². The normalized spacial score (nSPS) is 9.64. The molecular formula is C8H10BrNO. The Morgan fingerprint density at radius 1 is 1.55 bits per heavy atom. The molecule has 0 radical (unpaired) electrons. The van der Waals surface area contributed by atoms with Crippen molar-refractivity contribution in [2.24, 2.45) is 0 Å². The fourth-order valence-corrected chi connectivity index (χ4v) is 0.889. The molecule has 0 aliphatic heterocycles. The first-order valence-electron chi connectivity index (χ1n) is 3.57. The number of hydrogen-bond acceptors (Lipinski definition) is 2. The molecule has 11 heavy (non-hydrogen) atoms. The second kappa shape index (κ2) is 4.34. The number of rotatable bonds is 3. The summed E-state index contributed by atoms with van der Waals surface area (Å²) in [5, 5.41) is 0. The number of nitrogens with zero attached hydrogens (tertiary/aromatic N) is 1. The molecule has 0 saturated heterocycles. The number of pyridine rings is 1. The monoisotopic (exact) mass is 215 g/mol. The van der Waals surface area contributed by atoms with Crippen molar-refractivity contribution >= 4 is 15.9 Å². The maximum Gasteiger partial charge on any atom is 0.213 e. The Morgan fingerprint density at radius 3 is 2.91 bits per heavy atom. The van der Waals surface area contributed by atoms with Crippen molar-refractivity contribution in [1.82, 2.24) is 4.98 Å².